The summed E-state index contributed by atoms with van der Waals surface area (Å²) in [5, 5.41) is 0. The molecule has 2 rings (SSSR count). The van der Waals surface area contributed by atoms with E-state index in [0.717, 1.165) is 42.1 Å². The van der Waals surface area contributed by atoms with E-state index in [4.69, 9.17) is 9.98 Å². The van der Waals surface area contributed by atoms with Crippen LogP contribution in [0.2, 0.25) is 0 Å². The van der Waals surface area contributed by atoms with Crippen LogP contribution in [0.3, 0.4) is 0 Å². The molecule has 0 saturated carbocycles. The van der Waals surface area contributed by atoms with Crippen LogP contribution in [-0.2, 0) is 16.5 Å². The topological polar surface area (TPSA) is 24.7 Å². The second kappa shape index (κ2) is 13.5. The second-order valence-corrected chi connectivity index (χ2v) is 7.28. The number of rotatable bonds is 10. The van der Waals surface area contributed by atoms with Gasteiger partial charge < -0.3 is 0 Å². The van der Waals surface area contributed by atoms with Crippen molar-refractivity contribution in [3.63, 3.8) is 0 Å². The Bertz CT molecular complexity index is 763. The average molecular weight is 421 g/mol. The number of aryl methyl sites for hydroxylation is 2. The molecular weight excluding hydrogens is 387 g/mol. The van der Waals surface area contributed by atoms with E-state index >= 15 is 0 Å². The number of aliphatic imine (C=N–C) groups is 2. The third kappa shape index (κ3) is 8.11. The van der Waals surface area contributed by atoms with Crippen LogP contribution in [0.1, 0.15) is 69.9 Å². The molecule has 0 amide bonds. The van der Waals surface area contributed by atoms with E-state index in [1.54, 1.807) is 0 Å². The van der Waals surface area contributed by atoms with Gasteiger partial charge in [0.1, 0.15) is 0 Å². The van der Waals surface area contributed by atoms with E-state index in [1.165, 1.54) is 36.8 Å². The monoisotopic (exact) mass is 420 g/mol. The van der Waals surface area contributed by atoms with Gasteiger partial charge in [0.2, 0.25) is 0 Å². The fourth-order valence-electron chi connectivity index (χ4n) is 3.03. The molecule has 2 aromatic carbocycles. The molecule has 3 heteroatoms. The summed E-state index contributed by atoms with van der Waals surface area (Å²) in [6.07, 6.45) is 7.91. The molecule has 0 bridgehead atoms. The van der Waals surface area contributed by atoms with Gasteiger partial charge in [0.25, 0.3) is 0 Å². The molecule has 0 saturated heterocycles. The van der Waals surface area contributed by atoms with Crippen LogP contribution in [0.4, 0.5) is 11.4 Å². The van der Waals surface area contributed by atoms with E-state index in [9.17, 15) is 0 Å². The minimum Gasteiger partial charge on any atom is -0.252 e. The average Bonchev–Trinajstić information content (AvgIpc) is 2.68. The summed E-state index contributed by atoms with van der Waals surface area (Å²) >= 11 is 0. The molecule has 0 atom stereocenters. The van der Waals surface area contributed by atoms with Gasteiger partial charge in [0.15, 0.2) is 0 Å². The van der Waals surface area contributed by atoms with Crippen molar-refractivity contribution in [2.45, 2.75) is 72.6 Å². The second-order valence-electron chi connectivity index (χ2n) is 7.28. The quantitative estimate of drug-likeness (QED) is 0.212. The minimum atomic E-state index is 0. The van der Waals surface area contributed by atoms with Gasteiger partial charge in [-0.25, -0.2) is 0 Å². The van der Waals surface area contributed by atoms with Crippen LogP contribution in [-0.4, -0.2) is 11.4 Å². The normalized spacial score (nSPS) is 12.0. The number of para-hydroxylation sites is 1. The van der Waals surface area contributed by atoms with Crippen molar-refractivity contribution in [3.05, 3.63) is 59.7 Å². The summed E-state index contributed by atoms with van der Waals surface area (Å²) < 4.78 is 0. The van der Waals surface area contributed by atoms with Gasteiger partial charge in [-0.3, -0.25) is 9.98 Å². The van der Waals surface area contributed by atoms with Gasteiger partial charge in [0.05, 0.1) is 22.8 Å². The summed E-state index contributed by atoms with van der Waals surface area (Å²) in [4.78, 5) is 10.1. The Labute approximate surface area is 181 Å². The summed E-state index contributed by atoms with van der Waals surface area (Å²) in [6, 6.07) is 16.8. The zero-order valence-electron chi connectivity index (χ0n) is 17.8. The van der Waals surface area contributed by atoms with Crippen molar-refractivity contribution in [3.8, 4) is 0 Å². The molecule has 0 fully saturated rings. The number of nitrogens with zero attached hydrogens (tertiary/aromatic N) is 2. The van der Waals surface area contributed by atoms with Gasteiger partial charge in [-0.15, -0.1) is 0 Å². The third-order valence-electron chi connectivity index (χ3n) is 4.89. The minimum absolute atomic E-state index is 0. The number of unbranched alkanes of at least 4 members (excludes halogenated alkanes) is 3. The maximum atomic E-state index is 5.06. The molecule has 0 aliphatic rings. The molecule has 0 spiro atoms. The number of hydrogen-bond acceptors (Lipinski definition) is 2. The van der Waals surface area contributed by atoms with E-state index in [0.29, 0.717) is 0 Å². The Morgan fingerprint density at radius 1 is 0.679 bits per heavy atom. The van der Waals surface area contributed by atoms with Gasteiger partial charge in [0, 0.05) is 16.5 Å². The molecule has 0 N–H and O–H groups in total. The zero-order chi connectivity index (χ0) is 19.5. The Morgan fingerprint density at radius 3 is 1.89 bits per heavy atom. The summed E-state index contributed by atoms with van der Waals surface area (Å²) in [6.45, 7) is 8.78. The molecule has 2 aromatic rings. The largest absolute Gasteiger partial charge is 0.252 e. The van der Waals surface area contributed by atoms with Crippen LogP contribution in [0.5, 0.6) is 0 Å². The fraction of sp³-hybridized carbons (Fsp3) is 0.440. The smallest absolute Gasteiger partial charge is 0.0636 e. The van der Waals surface area contributed by atoms with Gasteiger partial charge in [-0.1, -0.05) is 57.4 Å². The van der Waals surface area contributed by atoms with E-state index in [1.807, 2.05) is 6.07 Å². The number of hydrogen-bond donors (Lipinski definition) is 0. The molecule has 0 unspecified atom stereocenters. The number of benzene rings is 2. The van der Waals surface area contributed by atoms with Crippen LogP contribution < -0.4 is 0 Å². The zero-order valence-corrected chi connectivity index (χ0v) is 18.8. The first kappa shape index (κ1) is 24.3. The van der Waals surface area contributed by atoms with Gasteiger partial charge in [-0.05, 0) is 74.9 Å². The maximum absolute atomic E-state index is 5.06. The molecule has 0 aliphatic heterocycles. The Hall–Kier alpha value is -1.73. The molecule has 154 valence electrons. The van der Waals surface area contributed by atoms with Crippen molar-refractivity contribution < 1.29 is 16.5 Å². The first-order chi connectivity index (χ1) is 13.1. The first-order valence-corrected chi connectivity index (χ1v) is 10.4. The first-order valence-electron chi connectivity index (χ1n) is 10.4. The molecule has 2 nitrogen and oxygen atoms in total. The van der Waals surface area contributed by atoms with Gasteiger partial charge >= 0.3 is 0 Å². The Morgan fingerprint density at radius 2 is 1.29 bits per heavy atom. The van der Waals surface area contributed by atoms with Crippen molar-refractivity contribution >= 4 is 22.8 Å². The van der Waals surface area contributed by atoms with Crippen molar-refractivity contribution in [1.82, 2.24) is 0 Å². The third-order valence-corrected chi connectivity index (χ3v) is 4.89. The Kier molecular flexibility index (Phi) is 11.7. The standard InChI is InChI=1S/C25H34N2.Ni/c1-5-7-10-16-25(26-22-13-11-9-12-14-22)24(15-8-6-2)27-23-18-17-20(3)21(4)19-23;/h9,11-14,17-19H,5-8,10,15-16H2,1-4H3;/b26-25+,27-24+;. The van der Waals surface area contributed by atoms with Crippen molar-refractivity contribution in [2.24, 2.45) is 9.98 Å². The Balaban J connectivity index is 0.00000392. The molecule has 0 aromatic heterocycles. The van der Waals surface area contributed by atoms with Crippen LogP contribution in [0, 0.1) is 13.8 Å². The van der Waals surface area contributed by atoms with Crippen LogP contribution in [0.15, 0.2) is 58.5 Å². The molecular formula is C25H34N2Ni. The van der Waals surface area contributed by atoms with E-state index in [-0.39, 0.29) is 16.5 Å². The van der Waals surface area contributed by atoms with Crippen LogP contribution >= 0.6 is 0 Å². The molecule has 28 heavy (non-hydrogen) atoms. The molecule has 0 radical (unpaired) electrons. The predicted octanol–water partition coefficient (Wildman–Crippen LogP) is 7.92. The van der Waals surface area contributed by atoms with E-state index in [2.05, 4.69) is 70.2 Å². The van der Waals surface area contributed by atoms with Crippen LogP contribution in [0.25, 0.3) is 0 Å². The van der Waals surface area contributed by atoms with Crippen molar-refractivity contribution in [2.75, 3.05) is 0 Å². The molecule has 0 heterocycles. The predicted molar refractivity (Wildman–Crippen MR) is 120 cm³/mol. The summed E-state index contributed by atoms with van der Waals surface area (Å²) in [7, 11) is 0. The van der Waals surface area contributed by atoms with Gasteiger partial charge in [-0.2, -0.15) is 0 Å². The summed E-state index contributed by atoms with van der Waals surface area (Å²) in [5.41, 5.74) is 6.97. The maximum Gasteiger partial charge on any atom is 0.0636 e. The molecule has 0 aliphatic carbocycles. The van der Waals surface area contributed by atoms with E-state index < -0.39 is 0 Å². The fourth-order valence-corrected chi connectivity index (χ4v) is 3.03. The summed E-state index contributed by atoms with van der Waals surface area (Å²) in [5.74, 6) is 0. The SMILES string of the molecule is CCCCCC(=N\c1ccccc1)/C(CCCC)=N/c1ccc(C)c(C)c1.[Ni]. The van der Waals surface area contributed by atoms with Crippen molar-refractivity contribution in [1.29, 1.82) is 0 Å².